The molecule has 0 aliphatic rings. The minimum Gasteiger partial charge on any atom is -0.373 e. The van der Waals surface area contributed by atoms with Crippen molar-refractivity contribution in [3.05, 3.63) is 17.7 Å². The molecule has 1 rings (SSSR count). The summed E-state index contributed by atoms with van der Waals surface area (Å²) >= 11 is 0. The lowest BCUT2D eigenvalue weighted by molar-refractivity contribution is -0.137. The first-order chi connectivity index (χ1) is 9.32. The number of unbranched alkanes of at least 4 members (excludes halogenated alkanes) is 1. The van der Waals surface area contributed by atoms with Crippen LogP contribution in [0.3, 0.4) is 0 Å². The number of hydrogen-bond donors (Lipinski definition) is 3. The number of primary amides is 1. The van der Waals surface area contributed by atoms with E-state index in [1.54, 1.807) is 0 Å². The first-order valence-corrected chi connectivity index (χ1v) is 6.12. The maximum atomic E-state index is 12.7. The SMILES string of the molecule is CNc1cc(C(F)(F)F)cc(NCCCCC(N)=O)n1. The van der Waals surface area contributed by atoms with E-state index in [-0.39, 0.29) is 24.0 Å². The van der Waals surface area contributed by atoms with E-state index in [4.69, 9.17) is 5.73 Å². The third kappa shape index (κ3) is 5.33. The zero-order chi connectivity index (χ0) is 15.2. The van der Waals surface area contributed by atoms with Crippen molar-refractivity contribution >= 4 is 17.5 Å². The summed E-state index contributed by atoms with van der Waals surface area (Å²) in [6, 6.07) is 1.90. The Bertz CT molecular complexity index is 463. The maximum Gasteiger partial charge on any atom is 0.416 e. The maximum absolute atomic E-state index is 12.7. The summed E-state index contributed by atoms with van der Waals surface area (Å²) in [6.45, 7) is 0.421. The number of carbonyl (C=O) groups excluding carboxylic acids is 1. The second-order valence-corrected chi connectivity index (χ2v) is 4.22. The molecular formula is C12H17F3N4O. The number of halogens is 3. The molecule has 0 spiro atoms. The van der Waals surface area contributed by atoms with Crippen LogP contribution in [0.5, 0.6) is 0 Å². The molecule has 0 atom stereocenters. The van der Waals surface area contributed by atoms with Crippen molar-refractivity contribution in [3.8, 4) is 0 Å². The van der Waals surface area contributed by atoms with Crippen LogP contribution in [-0.2, 0) is 11.0 Å². The smallest absolute Gasteiger partial charge is 0.373 e. The van der Waals surface area contributed by atoms with Crippen LogP contribution in [0.15, 0.2) is 12.1 Å². The van der Waals surface area contributed by atoms with Crippen molar-refractivity contribution in [2.75, 3.05) is 24.2 Å². The van der Waals surface area contributed by atoms with Gasteiger partial charge in [-0.1, -0.05) is 0 Å². The first-order valence-electron chi connectivity index (χ1n) is 6.12. The van der Waals surface area contributed by atoms with Gasteiger partial charge in [0, 0.05) is 20.0 Å². The predicted molar refractivity (Wildman–Crippen MR) is 70.3 cm³/mol. The third-order valence-electron chi connectivity index (χ3n) is 2.56. The van der Waals surface area contributed by atoms with Gasteiger partial charge in [0.05, 0.1) is 5.56 Å². The van der Waals surface area contributed by atoms with Gasteiger partial charge < -0.3 is 16.4 Å². The highest BCUT2D eigenvalue weighted by Crippen LogP contribution is 2.31. The van der Waals surface area contributed by atoms with Crippen LogP contribution in [0.1, 0.15) is 24.8 Å². The summed E-state index contributed by atoms with van der Waals surface area (Å²) in [5.74, 6) is -0.109. The number of amides is 1. The van der Waals surface area contributed by atoms with E-state index in [1.807, 2.05) is 0 Å². The van der Waals surface area contributed by atoms with Crippen LogP contribution >= 0.6 is 0 Å². The second-order valence-electron chi connectivity index (χ2n) is 4.22. The second kappa shape index (κ2) is 6.97. The lowest BCUT2D eigenvalue weighted by atomic mass is 10.2. The number of carbonyl (C=O) groups is 1. The lowest BCUT2D eigenvalue weighted by Crippen LogP contribution is -2.12. The van der Waals surface area contributed by atoms with Crippen LogP contribution in [0.25, 0.3) is 0 Å². The van der Waals surface area contributed by atoms with Crippen LogP contribution < -0.4 is 16.4 Å². The third-order valence-corrected chi connectivity index (χ3v) is 2.56. The van der Waals surface area contributed by atoms with Gasteiger partial charge >= 0.3 is 6.18 Å². The Morgan fingerprint density at radius 1 is 1.30 bits per heavy atom. The van der Waals surface area contributed by atoms with Gasteiger partial charge in [-0.15, -0.1) is 0 Å². The molecule has 0 aromatic carbocycles. The van der Waals surface area contributed by atoms with E-state index >= 15 is 0 Å². The minimum atomic E-state index is -4.42. The molecule has 4 N–H and O–H groups in total. The van der Waals surface area contributed by atoms with Gasteiger partial charge in [0.2, 0.25) is 5.91 Å². The fraction of sp³-hybridized carbons (Fsp3) is 0.500. The molecule has 0 radical (unpaired) electrons. The molecule has 1 heterocycles. The molecule has 1 amide bonds. The number of alkyl halides is 3. The van der Waals surface area contributed by atoms with Crippen molar-refractivity contribution < 1.29 is 18.0 Å². The molecular weight excluding hydrogens is 273 g/mol. The summed E-state index contributed by atoms with van der Waals surface area (Å²) in [7, 11) is 1.50. The van der Waals surface area contributed by atoms with Crippen LogP contribution in [0.4, 0.5) is 24.8 Å². The van der Waals surface area contributed by atoms with E-state index in [0.29, 0.717) is 19.4 Å². The average molecular weight is 290 g/mol. The Labute approximate surface area is 114 Å². The van der Waals surface area contributed by atoms with E-state index < -0.39 is 11.7 Å². The minimum absolute atomic E-state index is 0.138. The van der Waals surface area contributed by atoms with Crippen LogP contribution in [0.2, 0.25) is 0 Å². The van der Waals surface area contributed by atoms with Crippen molar-refractivity contribution in [1.82, 2.24) is 4.98 Å². The number of hydrogen-bond acceptors (Lipinski definition) is 4. The van der Waals surface area contributed by atoms with Gasteiger partial charge in [-0.05, 0) is 25.0 Å². The normalized spacial score (nSPS) is 11.2. The van der Waals surface area contributed by atoms with Gasteiger partial charge in [0.1, 0.15) is 11.6 Å². The fourth-order valence-electron chi connectivity index (χ4n) is 1.55. The summed E-state index contributed by atoms with van der Waals surface area (Å²) in [6.07, 6.45) is -2.95. The highest BCUT2D eigenvalue weighted by atomic mass is 19.4. The molecule has 0 saturated carbocycles. The standard InChI is InChI=1S/C12H17F3N4O/c1-17-10-6-8(12(13,14)15)7-11(19-10)18-5-3-2-4-9(16)20/h6-7H,2-5H2,1H3,(H2,16,20)(H2,17,18,19). The van der Waals surface area contributed by atoms with Crippen molar-refractivity contribution in [3.63, 3.8) is 0 Å². The monoisotopic (exact) mass is 290 g/mol. The average Bonchev–Trinajstić information content (AvgIpc) is 2.36. The molecule has 5 nitrogen and oxygen atoms in total. The highest BCUT2D eigenvalue weighted by molar-refractivity contribution is 5.73. The number of aromatic nitrogens is 1. The molecule has 8 heteroatoms. The number of nitrogens with one attached hydrogen (secondary N) is 2. The Kier molecular flexibility index (Phi) is 5.60. The van der Waals surface area contributed by atoms with Gasteiger partial charge in [0.15, 0.2) is 0 Å². The van der Waals surface area contributed by atoms with Crippen molar-refractivity contribution in [1.29, 1.82) is 0 Å². The van der Waals surface area contributed by atoms with Gasteiger partial charge in [-0.2, -0.15) is 13.2 Å². The van der Waals surface area contributed by atoms with Crippen LogP contribution in [0, 0.1) is 0 Å². The lowest BCUT2D eigenvalue weighted by Gasteiger charge is -2.12. The molecule has 0 aliphatic heterocycles. The number of pyridine rings is 1. The van der Waals surface area contributed by atoms with E-state index in [1.165, 1.54) is 7.05 Å². The molecule has 0 aliphatic carbocycles. The molecule has 20 heavy (non-hydrogen) atoms. The molecule has 0 unspecified atom stereocenters. The summed E-state index contributed by atoms with van der Waals surface area (Å²) in [5, 5.41) is 5.39. The molecule has 0 bridgehead atoms. The molecule has 1 aromatic heterocycles. The Morgan fingerprint density at radius 3 is 2.50 bits per heavy atom. The van der Waals surface area contributed by atoms with Gasteiger partial charge in [-0.25, -0.2) is 4.98 Å². The zero-order valence-electron chi connectivity index (χ0n) is 11.0. The molecule has 1 aromatic rings. The number of rotatable bonds is 7. The highest BCUT2D eigenvalue weighted by Gasteiger charge is 2.31. The number of nitrogens with two attached hydrogens (primary N) is 1. The summed E-state index contributed by atoms with van der Waals surface area (Å²) in [5.41, 5.74) is 4.22. The first kappa shape index (κ1) is 16.1. The Balaban J connectivity index is 2.63. The quantitative estimate of drug-likeness (QED) is 0.673. The number of nitrogens with zero attached hydrogens (tertiary/aromatic N) is 1. The van der Waals surface area contributed by atoms with Gasteiger partial charge in [-0.3, -0.25) is 4.79 Å². The zero-order valence-corrected chi connectivity index (χ0v) is 11.0. The Morgan fingerprint density at radius 2 is 1.95 bits per heavy atom. The molecule has 112 valence electrons. The topological polar surface area (TPSA) is 80.0 Å². The Hall–Kier alpha value is -1.99. The fourth-order valence-corrected chi connectivity index (χ4v) is 1.55. The number of anilines is 2. The summed E-state index contributed by atoms with van der Waals surface area (Å²) in [4.78, 5) is 14.5. The largest absolute Gasteiger partial charge is 0.416 e. The van der Waals surface area contributed by atoms with Crippen molar-refractivity contribution in [2.24, 2.45) is 5.73 Å². The van der Waals surface area contributed by atoms with Gasteiger partial charge in [0.25, 0.3) is 0 Å². The van der Waals surface area contributed by atoms with E-state index in [0.717, 1.165) is 12.1 Å². The van der Waals surface area contributed by atoms with E-state index in [9.17, 15) is 18.0 Å². The molecule has 0 saturated heterocycles. The predicted octanol–water partition coefficient (Wildman–Crippen LogP) is 2.21. The van der Waals surface area contributed by atoms with E-state index in [2.05, 4.69) is 15.6 Å². The van der Waals surface area contributed by atoms with Crippen molar-refractivity contribution in [2.45, 2.75) is 25.4 Å². The molecule has 0 fully saturated rings. The van der Waals surface area contributed by atoms with Crippen LogP contribution in [-0.4, -0.2) is 24.5 Å². The summed E-state index contributed by atoms with van der Waals surface area (Å²) < 4.78 is 38.0.